The lowest BCUT2D eigenvalue weighted by Crippen LogP contribution is -2.42. The molecule has 1 aliphatic rings. The molecule has 1 aromatic carbocycles. The molecule has 1 fully saturated rings. The molecule has 5 nitrogen and oxygen atoms in total. The van der Waals surface area contributed by atoms with Crippen LogP contribution in [-0.4, -0.2) is 34.7 Å². The highest BCUT2D eigenvalue weighted by atomic mass is 35.5. The first kappa shape index (κ1) is 15.7. The van der Waals surface area contributed by atoms with Crippen molar-refractivity contribution in [3.05, 3.63) is 40.7 Å². The van der Waals surface area contributed by atoms with Crippen LogP contribution in [-0.2, 0) is 16.9 Å². The maximum atomic E-state index is 10.9. The van der Waals surface area contributed by atoms with Crippen molar-refractivity contribution < 1.29 is 9.84 Å². The van der Waals surface area contributed by atoms with E-state index in [0.717, 1.165) is 23.8 Å². The van der Waals surface area contributed by atoms with Gasteiger partial charge in [0.1, 0.15) is 6.61 Å². The van der Waals surface area contributed by atoms with E-state index in [1.54, 1.807) is 7.11 Å². The van der Waals surface area contributed by atoms with Gasteiger partial charge in [-0.2, -0.15) is 4.37 Å². The zero-order chi connectivity index (χ0) is 15.6. The first-order valence-electron chi connectivity index (χ1n) is 7.16. The van der Waals surface area contributed by atoms with E-state index in [9.17, 15) is 5.11 Å². The zero-order valence-corrected chi connectivity index (χ0v) is 13.9. The number of piperidine rings is 1. The number of halogens is 1. The molecule has 1 aliphatic heterocycles. The minimum absolute atomic E-state index is 0.430. The lowest BCUT2D eigenvalue weighted by Gasteiger charge is -2.38. The molecule has 2 aromatic rings. The molecule has 3 rings (SSSR count). The van der Waals surface area contributed by atoms with E-state index in [1.807, 2.05) is 24.3 Å². The summed E-state index contributed by atoms with van der Waals surface area (Å²) in [6.07, 6.45) is 1.32. The standard InChI is InChI=1S/C15H18ClN3O2S/c1-21-10-13-17-14(22-18-13)19-8-6-15(20,7-9-19)11-2-4-12(16)5-3-11/h2-5,20H,6-10H2,1H3. The zero-order valence-electron chi connectivity index (χ0n) is 12.3. The predicted molar refractivity (Wildman–Crippen MR) is 87.4 cm³/mol. The van der Waals surface area contributed by atoms with E-state index in [1.165, 1.54) is 11.5 Å². The van der Waals surface area contributed by atoms with Crippen LogP contribution in [0.15, 0.2) is 24.3 Å². The molecule has 2 heterocycles. The van der Waals surface area contributed by atoms with Crippen LogP contribution in [0, 0.1) is 0 Å². The molecule has 0 spiro atoms. The molecule has 1 saturated heterocycles. The SMILES string of the molecule is COCc1nsc(N2CCC(O)(c3ccc(Cl)cc3)CC2)n1. The summed E-state index contributed by atoms with van der Waals surface area (Å²) in [5.41, 5.74) is 0.134. The number of aromatic nitrogens is 2. The number of methoxy groups -OCH3 is 1. The van der Waals surface area contributed by atoms with Crippen LogP contribution in [0.5, 0.6) is 0 Å². The summed E-state index contributed by atoms with van der Waals surface area (Å²) in [6, 6.07) is 7.45. The Labute approximate surface area is 138 Å². The average Bonchev–Trinajstić information content (AvgIpc) is 2.97. The minimum atomic E-state index is -0.791. The van der Waals surface area contributed by atoms with Crippen molar-refractivity contribution in [1.29, 1.82) is 0 Å². The molecule has 0 saturated carbocycles. The Morgan fingerprint density at radius 1 is 1.32 bits per heavy atom. The second-order valence-electron chi connectivity index (χ2n) is 5.45. The van der Waals surface area contributed by atoms with Crippen molar-refractivity contribution in [3.8, 4) is 0 Å². The Morgan fingerprint density at radius 2 is 2.00 bits per heavy atom. The van der Waals surface area contributed by atoms with Gasteiger partial charge in [0.2, 0.25) is 5.13 Å². The number of benzene rings is 1. The smallest absolute Gasteiger partial charge is 0.205 e. The van der Waals surface area contributed by atoms with Gasteiger partial charge < -0.3 is 14.7 Å². The fourth-order valence-corrected chi connectivity index (χ4v) is 3.53. The Hall–Kier alpha value is -1.21. The summed E-state index contributed by atoms with van der Waals surface area (Å²) in [5, 5.41) is 12.4. The number of anilines is 1. The molecule has 1 aromatic heterocycles. The molecule has 22 heavy (non-hydrogen) atoms. The topological polar surface area (TPSA) is 58.5 Å². The van der Waals surface area contributed by atoms with E-state index in [4.69, 9.17) is 16.3 Å². The van der Waals surface area contributed by atoms with Crippen LogP contribution in [0.2, 0.25) is 5.02 Å². The summed E-state index contributed by atoms with van der Waals surface area (Å²) in [7, 11) is 1.63. The summed E-state index contributed by atoms with van der Waals surface area (Å²) in [6.45, 7) is 1.93. The van der Waals surface area contributed by atoms with Gasteiger partial charge in [0.25, 0.3) is 0 Å². The number of nitrogens with zero attached hydrogens (tertiary/aromatic N) is 3. The van der Waals surface area contributed by atoms with E-state index in [0.29, 0.717) is 30.3 Å². The van der Waals surface area contributed by atoms with Gasteiger partial charge in [-0.15, -0.1) is 0 Å². The number of rotatable bonds is 4. The summed E-state index contributed by atoms with van der Waals surface area (Å²) in [4.78, 5) is 6.63. The fourth-order valence-electron chi connectivity index (χ4n) is 2.68. The fraction of sp³-hybridized carbons (Fsp3) is 0.467. The number of ether oxygens (including phenoxy) is 1. The third kappa shape index (κ3) is 3.25. The monoisotopic (exact) mass is 339 g/mol. The first-order valence-corrected chi connectivity index (χ1v) is 8.31. The largest absolute Gasteiger partial charge is 0.385 e. The first-order chi connectivity index (χ1) is 10.6. The second kappa shape index (κ2) is 6.50. The van der Waals surface area contributed by atoms with E-state index >= 15 is 0 Å². The summed E-state index contributed by atoms with van der Waals surface area (Å²) >= 11 is 7.29. The third-order valence-electron chi connectivity index (χ3n) is 3.97. The van der Waals surface area contributed by atoms with Crippen molar-refractivity contribution in [2.24, 2.45) is 0 Å². The van der Waals surface area contributed by atoms with Crippen molar-refractivity contribution in [2.45, 2.75) is 25.0 Å². The van der Waals surface area contributed by atoms with E-state index in [2.05, 4.69) is 14.3 Å². The van der Waals surface area contributed by atoms with Crippen LogP contribution in [0.25, 0.3) is 0 Å². The predicted octanol–water partition coefficient (Wildman–Crippen LogP) is 2.83. The van der Waals surface area contributed by atoms with Crippen LogP contribution >= 0.6 is 23.1 Å². The van der Waals surface area contributed by atoms with Gasteiger partial charge in [-0.25, -0.2) is 4.98 Å². The molecule has 0 amide bonds. The number of aliphatic hydroxyl groups is 1. The second-order valence-corrected chi connectivity index (χ2v) is 6.62. The van der Waals surface area contributed by atoms with E-state index in [-0.39, 0.29) is 0 Å². The molecule has 0 bridgehead atoms. The van der Waals surface area contributed by atoms with E-state index < -0.39 is 5.60 Å². The molecular formula is C15H18ClN3O2S. The molecule has 0 unspecified atom stereocenters. The minimum Gasteiger partial charge on any atom is -0.385 e. The Bertz CT molecular complexity index is 624. The van der Waals surface area contributed by atoms with Gasteiger partial charge in [-0.1, -0.05) is 23.7 Å². The normalized spacial score (nSPS) is 17.7. The summed E-state index contributed by atoms with van der Waals surface area (Å²) < 4.78 is 9.31. The Balaban J connectivity index is 1.67. The molecule has 7 heteroatoms. The van der Waals surface area contributed by atoms with Gasteiger partial charge in [-0.3, -0.25) is 0 Å². The Kier molecular flexibility index (Phi) is 4.63. The summed E-state index contributed by atoms with van der Waals surface area (Å²) in [5.74, 6) is 0.709. The van der Waals surface area contributed by atoms with Gasteiger partial charge in [0, 0.05) is 36.8 Å². The van der Waals surface area contributed by atoms with Crippen LogP contribution in [0.4, 0.5) is 5.13 Å². The lowest BCUT2D eigenvalue weighted by molar-refractivity contribution is 0.0118. The molecule has 1 N–H and O–H groups in total. The van der Waals surface area contributed by atoms with Gasteiger partial charge >= 0.3 is 0 Å². The van der Waals surface area contributed by atoms with Crippen molar-refractivity contribution >= 4 is 28.3 Å². The van der Waals surface area contributed by atoms with Crippen molar-refractivity contribution in [3.63, 3.8) is 0 Å². The highest BCUT2D eigenvalue weighted by Crippen LogP contribution is 2.35. The van der Waals surface area contributed by atoms with Crippen LogP contribution in [0.3, 0.4) is 0 Å². The maximum Gasteiger partial charge on any atom is 0.205 e. The lowest BCUT2D eigenvalue weighted by atomic mass is 9.84. The quantitative estimate of drug-likeness (QED) is 0.928. The Morgan fingerprint density at radius 3 is 2.64 bits per heavy atom. The van der Waals surface area contributed by atoms with Gasteiger partial charge in [0.05, 0.1) is 5.60 Å². The highest BCUT2D eigenvalue weighted by molar-refractivity contribution is 7.09. The van der Waals surface area contributed by atoms with Crippen LogP contribution in [0.1, 0.15) is 24.2 Å². The number of hydrogen-bond donors (Lipinski definition) is 1. The highest BCUT2D eigenvalue weighted by Gasteiger charge is 2.34. The molecular weight excluding hydrogens is 322 g/mol. The van der Waals surface area contributed by atoms with Crippen molar-refractivity contribution in [1.82, 2.24) is 9.36 Å². The molecule has 0 aliphatic carbocycles. The average molecular weight is 340 g/mol. The number of hydrogen-bond acceptors (Lipinski definition) is 6. The van der Waals surface area contributed by atoms with Gasteiger partial charge in [-0.05, 0) is 30.5 Å². The molecule has 118 valence electrons. The molecule has 0 atom stereocenters. The maximum absolute atomic E-state index is 10.9. The van der Waals surface area contributed by atoms with Crippen LogP contribution < -0.4 is 4.90 Å². The molecule has 0 radical (unpaired) electrons. The third-order valence-corrected chi connectivity index (χ3v) is 5.04. The van der Waals surface area contributed by atoms with Gasteiger partial charge in [0.15, 0.2) is 5.82 Å². The van der Waals surface area contributed by atoms with Crippen molar-refractivity contribution in [2.75, 3.05) is 25.1 Å².